The Morgan fingerprint density at radius 1 is 1.38 bits per heavy atom. The number of carboxylic acid groups (broad SMARTS) is 1. The number of amides is 1. The van der Waals surface area contributed by atoms with Gasteiger partial charge in [0, 0.05) is 9.64 Å². The summed E-state index contributed by atoms with van der Waals surface area (Å²) in [4.78, 5) is 26.2. The van der Waals surface area contributed by atoms with Gasteiger partial charge in [-0.05, 0) is 31.4 Å². The molecular formula is C15H15NO3S2. The minimum Gasteiger partial charge on any atom is -0.480 e. The van der Waals surface area contributed by atoms with Gasteiger partial charge in [0.25, 0.3) is 5.91 Å². The minimum atomic E-state index is -0.932. The highest BCUT2D eigenvalue weighted by Crippen LogP contribution is 2.53. The van der Waals surface area contributed by atoms with E-state index in [9.17, 15) is 14.7 Å². The van der Waals surface area contributed by atoms with Crippen LogP contribution in [0.4, 0.5) is 0 Å². The number of carboxylic acids is 1. The number of hydrogen-bond acceptors (Lipinski definition) is 4. The summed E-state index contributed by atoms with van der Waals surface area (Å²) in [5.41, 5.74) is 0.700. The molecule has 0 saturated carbocycles. The molecule has 0 radical (unpaired) electrons. The van der Waals surface area contributed by atoms with Gasteiger partial charge in [-0.25, -0.2) is 4.79 Å². The third-order valence-corrected chi connectivity index (χ3v) is 6.10. The van der Waals surface area contributed by atoms with Crippen LogP contribution in [0, 0.1) is 0 Å². The first-order valence-corrected chi connectivity index (χ1v) is 8.33. The van der Waals surface area contributed by atoms with Crippen LogP contribution in [-0.4, -0.2) is 38.0 Å². The van der Waals surface area contributed by atoms with E-state index in [4.69, 9.17) is 0 Å². The molecule has 2 aliphatic heterocycles. The van der Waals surface area contributed by atoms with Gasteiger partial charge in [0.15, 0.2) is 0 Å². The Kier molecular flexibility index (Phi) is 3.53. The third-order valence-electron chi connectivity index (χ3n) is 3.65. The summed E-state index contributed by atoms with van der Waals surface area (Å²) in [5, 5.41) is 11.1. The molecule has 110 valence electrons. The van der Waals surface area contributed by atoms with Crippen molar-refractivity contribution in [3.63, 3.8) is 0 Å². The number of carbonyl (C=O) groups is 2. The fourth-order valence-corrected chi connectivity index (χ4v) is 5.10. The molecule has 1 aromatic carbocycles. The van der Waals surface area contributed by atoms with E-state index in [1.807, 2.05) is 49.6 Å². The predicted molar refractivity (Wildman–Crippen MR) is 84.1 cm³/mol. The molecule has 0 aromatic heterocycles. The smallest absolute Gasteiger partial charge is 0.327 e. The Morgan fingerprint density at radius 3 is 2.67 bits per heavy atom. The van der Waals surface area contributed by atoms with Gasteiger partial charge >= 0.3 is 5.97 Å². The molecule has 1 N–H and O–H groups in total. The number of aliphatic carboxylic acids is 1. The largest absolute Gasteiger partial charge is 0.480 e. The van der Waals surface area contributed by atoms with Gasteiger partial charge in [0.1, 0.15) is 11.4 Å². The summed E-state index contributed by atoms with van der Waals surface area (Å²) in [6, 6.07) is 9.05. The lowest BCUT2D eigenvalue weighted by Gasteiger charge is -2.38. The van der Waals surface area contributed by atoms with E-state index in [0.717, 1.165) is 4.90 Å². The maximum absolute atomic E-state index is 12.2. The van der Waals surface area contributed by atoms with E-state index in [-0.39, 0.29) is 11.3 Å². The molecule has 2 atom stereocenters. The van der Waals surface area contributed by atoms with Crippen LogP contribution in [0.5, 0.6) is 0 Å². The SMILES string of the molecule is CC1(C)S[C@@H]2C(=CSc3ccccc3)C(=O)N2[C@H]1C(=O)O. The van der Waals surface area contributed by atoms with Crippen LogP contribution in [0.3, 0.4) is 0 Å². The van der Waals surface area contributed by atoms with Crippen molar-refractivity contribution in [2.45, 2.75) is 34.9 Å². The van der Waals surface area contributed by atoms with Crippen LogP contribution in [0.25, 0.3) is 0 Å². The number of carbonyl (C=O) groups excluding carboxylic acids is 1. The highest BCUT2D eigenvalue weighted by Gasteiger charge is 2.61. The first-order chi connectivity index (χ1) is 9.92. The molecule has 2 fully saturated rings. The van der Waals surface area contributed by atoms with Crippen molar-refractivity contribution >= 4 is 35.4 Å². The highest BCUT2D eigenvalue weighted by molar-refractivity contribution is 8.03. The van der Waals surface area contributed by atoms with E-state index in [1.165, 1.54) is 16.7 Å². The van der Waals surface area contributed by atoms with Gasteiger partial charge in [-0.2, -0.15) is 0 Å². The number of hydrogen-bond donors (Lipinski definition) is 1. The molecule has 3 rings (SSSR count). The zero-order valence-corrected chi connectivity index (χ0v) is 13.3. The van der Waals surface area contributed by atoms with Crippen LogP contribution in [0.15, 0.2) is 46.2 Å². The Labute approximate surface area is 131 Å². The Bertz CT molecular complexity index is 627. The quantitative estimate of drug-likeness (QED) is 0.527. The number of β-lactam (4-membered cyclic amide) rings is 1. The molecule has 1 amide bonds. The van der Waals surface area contributed by atoms with Crippen LogP contribution in [0.2, 0.25) is 0 Å². The van der Waals surface area contributed by atoms with E-state index < -0.39 is 16.8 Å². The zero-order chi connectivity index (χ0) is 15.2. The van der Waals surface area contributed by atoms with Crippen molar-refractivity contribution in [3.05, 3.63) is 41.3 Å². The number of fused-ring (bicyclic) bond motifs is 1. The number of nitrogens with zero attached hydrogens (tertiary/aromatic N) is 1. The second-order valence-corrected chi connectivity index (χ2v) is 8.21. The Hall–Kier alpha value is -1.40. The monoisotopic (exact) mass is 321 g/mol. The summed E-state index contributed by atoms with van der Waals surface area (Å²) in [6.07, 6.45) is 0. The molecule has 2 saturated heterocycles. The van der Waals surface area contributed by atoms with E-state index in [0.29, 0.717) is 5.57 Å². The van der Waals surface area contributed by atoms with Crippen molar-refractivity contribution in [1.29, 1.82) is 0 Å². The van der Waals surface area contributed by atoms with Crippen molar-refractivity contribution in [2.24, 2.45) is 0 Å². The molecule has 0 spiro atoms. The van der Waals surface area contributed by atoms with Crippen LogP contribution in [-0.2, 0) is 9.59 Å². The lowest BCUT2D eigenvalue weighted by molar-refractivity contribution is -0.152. The molecule has 0 aliphatic carbocycles. The lowest BCUT2D eigenvalue weighted by atomic mass is 9.96. The molecule has 2 aliphatic rings. The average molecular weight is 321 g/mol. The molecule has 0 bridgehead atoms. The predicted octanol–water partition coefficient (Wildman–Crippen LogP) is 2.81. The second kappa shape index (κ2) is 5.10. The summed E-state index contributed by atoms with van der Waals surface area (Å²) in [5.74, 6) is -1.09. The zero-order valence-electron chi connectivity index (χ0n) is 11.6. The molecule has 1 aromatic rings. The summed E-state index contributed by atoms with van der Waals surface area (Å²) < 4.78 is -0.473. The van der Waals surface area contributed by atoms with E-state index in [2.05, 4.69) is 0 Å². The summed E-state index contributed by atoms with van der Waals surface area (Å²) >= 11 is 3.04. The highest BCUT2D eigenvalue weighted by atomic mass is 32.2. The minimum absolute atomic E-state index is 0.134. The van der Waals surface area contributed by atoms with Crippen molar-refractivity contribution in [2.75, 3.05) is 0 Å². The van der Waals surface area contributed by atoms with Gasteiger partial charge in [0.2, 0.25) is 0 Å². The van der Waals surface area contributed by atoms with Gasteiger partial charge < -0.3 is 10.0 Å². The fourth-order valence-electron chi connectivity index (χ4n) is 2.66. The Balaban J connectivity index is 1.80. The fraction of sp³-hybridized carbons (Fsp3) is 0.333. The maximum atomic E-state index is 12.2. The van der Waals surface area contributed by atoms with Gasteiger partial charge in [-0.3, -0.25) is 4.79 Å². The molecule has 4 nitrogen and oxygen atoms in total. The number of rotatable bonds is 3. The summed E-state index contributed by atoms with van der Waals surface area (Å²) in [6.45, 7) is 3.76. The second-order valence-electron chi connectivity index (χ2n) is 5.53. The summed E-state index contributed by atoms with van der Waals surface area (Å²) in [7, 11) is 0. The molecule has 21 heavy (non-hydrogen) atoms. The number of thioether (sulfide) groups is 2. The normalized spacial score (nSPS) is 28.4. The lowest BCUT2D eigenvalue weighted by Crippen LogP contribution is -2.58. The first-order valence-electron chi connectivity index (χ1n) is 6.57. The molecular weight excluding hydrogens is 306 g/mol. The van der Waals surface area contributed by atoms with Crippen LogP contribution < -0.4 is 0 Å². The van der Waals surface area contributed by atoms with E-state index in [1.54, 1.807) is 11.8 Å². The molecule has 2 heterocycles. The van der Waals surface area contributed by atoms with Crippen LogP contribution in [0.1, 0.15) is 13.8 Å². The Morgan fingerprint density at radius 2 is 2.05 bits per heavy atom. The van der Waals surface area contributed by atoms with Gasteiger partial charge in [0.05, 0.1) is 5.57 Å². The molecule has 6 heteroatoms. The van der Waals surface area contributed by atoms with Crippen molar-refractivity contribution < 1.29 is 14.7 Å². The standard InChI is InChI=1S/C15H15NO3S2/c1-15(2)11(14(18)19)16-12(17)10(13(16)21-15)8-20-9-6-4-3-5-7-9/h3-8,11,13H,1-2H3,(H,18,19)/t11-,13+/m0/s1. The molecule has 0 unspecified atom stereocenters. The first kappa shape index (κ1) is 14.5. The topological polar surface area (TPSA) is 57.6 Å². The van der Waals surface area contributed by atoms with Crippen LogP contribution >= 0.6 is 23.5 Å². The van der Waals surface area contributed by atoms with Gasteiger partial charge in [-0.15, -0.1) is 11.8 Å². The maximum Gasteiger partial charge on any atom is 0.327 e. The van der Waals surface area contributed by atoms with Gasteiger partial charge in [-0.1, -0.05) is 30.0 Å². The van der Waals surface area contributed by atoms with Crippen molar-refractivity contribution in [3.8, 4) is 0 Å². The van der Waals surface area contributed by atoms with Crippen molar-refractivity contribution in [1.82, 2.24) is 4.90 Å². The van der Waals surface area contributed by atoms with E-state index >= 15 is 0 Å². The average Bonchev–Trinajstić information content (AvgIpc) is 2.69. The third kappa shape index (κ3) is 2.36. The number of benzene rings is 1.